The average molecular weight is 672 g/mol. The van der Waals surface area contributed by atoms with Crippen LogP contribution in [0.15, 0.2) is 42.7 Å². The van der Waals surface area contributed by atoms with E-state index in [-0.39, 0.29) is 36.1 Å². The Morgan fingerprint density at radius 3 is 2.61 bits per heavy atom. The fourth-order valence-electron chi connectivity index (χ4n) is 6.66. The van der Waals surface area contributed by atoms with Crippen LogP contribution >= 0.6 is 0 Å². The molecule has 2 aromatic carbocycles. The van der Waals surface area contributed by atoms with Gasteiger partial charge in [-0.15, -0.1) is 0 Å². The molecule has 256 valence electrons. The number of hydrogen-bond donors (Lipinski definition) is 2. The minimum absolute atomic E-state index is 0.140. The molecule has 0 radical (unpaired) electrons. The van der Waals surface area contributed by atoms with Gasteiger partial charge in [0.2, 0.25) is 17.8 Å². The van der Waals surface area contributed by atoms with Gasteiger partial charge in [-0.25, -0.2) is 14.4 Å². The Morgan fingerprint density at radius 2 is 1.92 bits per heavy atom. The summed E-state index contributed by atoms with van der Waals surface area (Å²) in [6.07, 6.45) is 0.0648. The molecular weight excluding hydrogens is 633 g/mol. The number of halogens is 1. The number of nitrogens with zero attached hydrogens (tertiary/aromatic N) is 7. The van der Waals surface area contributed by atoms with Gasteiger partial charge in [-0.05, 0) is 36.8 Å². The largest absolute Gasteiger partial charge is 0.495 e. The van der Waals surface area contributed by atoms with Crippen LogP contribution in [0.2, 0.25) is 0 Å². The van der Waals surface area contributed by atoms with E-state index in [1.54, 1.807) is 25.3 Å². The van der Waals surface area contributed by atoms with Crippen molar-refractivity contribution >= 4 is 29.1 Å². The molecule has 0 bridgehead atoms. The Morgan fingerprint density at radius 1 is 1.08 bits per heavy atom. The maximum Gasteiger partial charge on any atom is 0.245 e. The van der Waals surface area contributed by atoms with Crippen LogP contribution in [0.1, 0.15) is 24.8 Å². The zero-order valence-corrected chi connectivity index (χ0v) is 27.2. The first-order valence-corrected chi connectivity index (χ1v) is 16.5. The molecule has 2 amide bonds. The first-order chi connectivity index (χ1) is 23.9. The smallest absolute Gasteiger partial charge is 0.245 e. The van der Waals surface area contributed by atoms with Gasteiger partial charge in [0.15, 0.2) is 12.0 Å². The summed E-state index contributed by atoms with van der Waals surface area (Å²) < 4.78 is 32.3. The number of hydrogen-bond acceptors (Lipinski definition) is 12. The van der Waals surface area contributed by atoms with Crippen LogP contribution in [-0.4, -0.2) is 121 Å². The van der Waals surface area contributed by atoms with Crippen molar-refractivity contribution in [2.24, 2.45) is 0 Å². The van der Waals surface area contributed by atoms with Gasteiger partial charge in [-0.3, -0.25) is 14.5 Å². The van der Waals surface area contributed by atoms with Gasteiger partial charge in [-0.1, -0.05) is 0 Å². The lowest BCUT2D eigenvalue weighted by molar-refractivity contribution is -0.138. The second kappa shape index (κ2) is 14.2. The predicted octanol–water partition coefficient (Wildman–Crippen LogP) is 2.28. The molecule has 0 spiro atoms. The number of piperazine rings is 1. The van der Waals surface area contributed by atoms with E-state index >= 15 is 4.39 Å². The van der Waals surface area contributed by atoms with Crippen molar-refractivity contribution in [1.29, 1.82) is 5.26 Å². The number of alkyl halides is 1. The molecule has 14 nitrogen and oxygen atoms in total. The number of ether oxygens (including phenoxy) is 3. The first kappa shape index (κ1) is 32.5. The van der Waals surface area contributed by atoms with Crippen molar-refractivity contribution in [2.75, 3.05) is 69.8 Å². The molecule has 2 N–H and O–H groups in total. The topological polar surface area (TPSA) is 158 Å². The van der Waals surface area contributed by atoms with Crippen molar-refractivity contribution in [3.63, 3.8) is 0 Å². The molecule has 4 aliphatic heterocycles. The number of rotatable bonds is 9. The Labute approximate surface area is 283 Å². The number of anilines is 3. The van der Waals surface area contributed by atoms with Gasteiger partial charge in [0, 0.05) is 62.9 Å². The highest BCUT2D eigenvalue weighted by Gasteiger charge is 2.38. The number of benzene rings is 2. The Balaban J connectivity index is 0.985. The number of amides is 2. The standard InChI is InChI=1S/C34H38FN9O5/c1-47-30-15-23(3-5-27(30)43-12-10-42(11-13-43)24-18-48-19-24)39-34-38-20-37-32(41-34)21-2-6-28(22(14-21)16-36)49-29-8-9-44(17-25(29)35)33(46)26-4-7-31(45)40-26/h2-3,5-6,14-15,20,24-26,29H,4,7-13,17-19H2,1H3,(H,40,45)(H,37,38,39,41)/t25-,26+,29+/m1/s1. The van der Waals surface area contributed by atoms with Crippen molar-refractivity contribution in [1.82, 2.24) is 30.1 Å². The van der Waals surface area contributed by atoms with Gasteiger partial charge < -0.3 is 34.6 Å². The van der Waals surface area contributed by atoms with Crippen molar-refractivity contribution in [3.8, 4) is 29.0 Å². The number of piperidine rings is 1. The van der Waals surface area contributed by atoms with E-state index in [9.17, 15) is 14.9 Å². The number of likely N-dealkylation sites (tertiary alicyclic amines) is 1. The lowest BCUT2D eigenvalue weighted by atomic mass is 10.0. The van der Waals surface area contributed by atoms with E-state index in [2.05, 4.69) is 41.5 Å². The summed E-state index contributed by atoms with van der Waals surface area (Å²) in [5.74, 6) is 1.18. The van der Waals surface area contributed by atoms with Crippen LogP contribution in [0, 0.1) is 11.3 Å². The minimum Gasteiger partial charge on any atom is -0.495 e. The first-order valence-electron chi connectivity index (χ1n) is 16.5. The van der Waals surface area contributed by atoms with E-state index in [1.807, 2.05) is 18.2 Å². The number of nitrogens with one attached hydrogen (secondary N) is 2. The molecule has 4 saturated heterocycles. The summed E-state index contributed by atoms with van der Waals surface area (Å²) in [6, 6.07) is 12.9. The highest BCUT2D eigenvalue weighted by atomic mass is 19.1. The summed E-state index contributed by atoms with van der Waals surface area (Å²) in [6.45, 7) is 5.55. The SMILES string of the molecule is COc1cc(Nc2ncnc(-c3ccc(O[C@H]4CCN(C(=O)[C@@H]5CCC(=O)N5)C[C@H]4F)c(C#N)c3)n2)ccc1N1CCN(C2COC2)CC1. The normalized spacial score (nSPS) is 23.0. The van der Waals surface area contributed by atoms with Crippen molar-refractivity contribution in [3.05, 3.63) is 48.3 Å². The lowest BCUT2D eigenvalue weighted by Gasteiger charge is -2.43. The number of aromatic nitrogens is 3. The molecule has 7 rings (SSSR count). The number of nitriles is 1. The molecule has 15 heteroatoms. The third-order valence-electron chi connectivity index (χ3n) is 9.52. The van der Waals surface area contributed by atoms with Crippen LogP contribution in [0.5, 0.6) is 11.5 Å². The van der Waals surface area contributed by atoms with Crippen LogP contribution in [0.25, 0.3) is 11.4 Å². The molecule has 0 unspecified atom stereocenters. The molecule has 3 aromatic rings. The Bertz CT molecular complexity index is 1740. The number of methoxy groups -OCH3 is 1. The van der Waals surface area contributed by atoms with Gasteiger partial charge in [0.1, 0.15) is 36.0 Å². The molecule has 4 fully saturated rings. The van der Waals surface area contributed by atoms with Crippen molar-refractivity contribution in [2.45, 2.75) is 43.6 Å². The summed E-state index contributed by atoms with van der Waals surface area (Å²) >= 11 is 0. The predicted molar refractivity (Wildman–Crippen MR) is 176 cm³/mol. The van der Waals surface area contributed by atoms with E-state index in [0.717, 1.165) is 56.5 Å². The zero-order valence-electron chi connectivity index (χ0n) is 27.2. The van der Waals surface area contributed by atoms with Crippen LogP contribution < -0.4 is 25.0 Å². The van der Waals surface area contributed by atoms with Gasteiger partial charge in [0.05, 0.1) is 44.2 Å². The van der Waals surface area contributed by atoms with E-state index in [0.29, 0.717) is 42.8 Å². The third-order valence-corrected chi connectivity index (χ3v) is 9.52. The van der Waals surface area contributed by atoms with Crippen LogP contribution in [0.4, 0.5) is 21.7 Å². The maximum atomic E-state index is 15.2. The molecule has 0 saturated carbocycles. The average Bonchev–Trinajstić information content (AvgIpc) is 3.54. The van der Waals surface area contributed by atoms with E-state index < -0.39 is 18.3 Å². The minimum atomic E-state index is -1.46. The summed E-state index contributed by atoms with van der Waals surface area (Å²) in [7, 11) is 1.66. The summed E-state index contributed by atoms with van der Waals surface area (Å²) in [5, 5.41) is 15.8. The lowest BCUT2D eigenvalue weighted by Crippen LogP contribution is -2.56. The zero-order chi connectivity index (χ0) is 33.9. The molecular formula is C34H38FN9O5. The molecule has 0 aliphatic carbocycles. The Kier molecular flexibility index (Phi) is 9.41. The molecule has 49 heavy (non-hydrogen) atoms. The highest BCUT2D eigenvalue weighted by Crippen LogP contribution is 2.34. The fourth-order valence-corrected chi connectivity index (χ4v) is 6.66. The van der Waals surface area contributed by atoms with Crippen LogP contribution in [0.3, 0.4) is 0 Å². The maximum absolute atomic E-state index is 15.2. The second-order valence-corrected chi connectivity index (χ2v) is 12.6. The van der Waals surface area contributed by atoms with E-state index in [1.165, 1.54) is 11.2 Å². The Hall–Kier alpha value is -5.07. The summed E-state index contributed by atoms with van der Waals surface area (Å²) in [4.78, 5) is 43.6. The van der Waals surface area contributed by atoms with Gasteiger partial charge in [0.25, 0.3) is 0 Å². The van der Waals surface area contributed by atoms with Crippen LogP contribution in [-0.2, 0) is 14.3 Å². The third kappa shape index (κ3) is 7.06. The molecule has 1 aromatic heterocycles. The number of carbonyl (C=O) groups excluding carboxylic acids is 2. The second-order valence-electron chi connectivity index (χ2n) is 12.6. The van der Waals surface area contributed by atoms with Crippen molar-refractivity contribution < 1.29 is 28.2 Å². The van der Waals surface area contributed by atoms with Gasteiger partial charge in [-0.2, -0.15) is 10.2 Å². The monoisotopic (exact) mass is 671 g/mol. The van der Waals surface area contributed by atoms with Gasteiger partial charge >= 0.3 is 0 Å². The van der Waals surface area contributed by atoms with E-state index in [4.69, 9.17) is 14.2 Å². The fraction of sp³-hybridized carbons (Fsp3) is 0.471. The summed E-state index contributed by atoms with van der Waals surface area (Å²) in [5.41, 5.74) is 2.53. The molecule has 5 heterocycles. The highest BCUT2D eigenvalue weighted by molar-refractivity contribution is 5.90. The molecule has 4 aliphatic rings. The quantitative estimate of drug-likeness (QED) is 0.343. The number of carbonyl (C=O) groups is 2. The molecule has 3 atom stereocenters.